The molecule has 0 aromatic heterocycles. The topological polar surface area (TPSA) is 75.4 Å². The zero-order valence-corrected chi connectivity index (χ0v) is 15.3. The number of rotatable bonds is 4. The molecular weight excluding hydrogens is 361 g/mol. The Balaban J connectivity index is 0.00000264. The molecule has 2 rings (SSSR count). The standard InChI is InChI=1S/C15H19Cl2N3O2.ClH/c1-15(2,8-18)19-14(22)9-3-13(21)20(7-9)12-5-10(16)4-11(17)6-12;/h4-6,9H,3,7-8,18H2,1-2H3,(H,19,22);1H. The van der Waals surface area contributed by atoms with E-state index in [9.17, 15) is 9.59 Å². The molecule has 0 spiro atoms. The van der Waals surface area contributed by atoms with Gasteiger partial charge in [-0.25, -0.2) is 0 Å². The van der Waals surface area contributed by atoms with E-state index in [-0.39, 0.29) is 30.6 Å². The molecule has 0 saturated carbocycles. The van der Waals surface area contributed by atoms with Gasteiger partial charge >= 0.3 is 0 Å². The van der Waals surface area contributed by atoms with Crippen LogP contribution in [0.1, 0.15) is 20.3 Å². The zero-order valence-electron chi connectivity index (χ0n) is 12.9. The van der Waals surface area contributed by atoms with E-state index in [1.165, 1.54) is 4.90 Å². The molecule has 1 heterocycles. The van der Waals surface area contributed by atoms with Crippen molar-refractivity contribution < 1.29 is 9.59 Å². The molecule has 0 bridgehead atoms. The van der Waals surface area contributed by atoms with Gasteiger partial charge in [-0.1, -0.05) is 23.2 Å². The summed E-state index contributed by atoms with van der Waals surface area (Å²) in [7, 11) is 0. The van der Waals surface area contributed by atoms with Crippen LogP contribution >= 0.6 is 35.6 Å². The van der Waals surface area contributed by atoms with E-state index < -0.39 is 11.5 Å². The molecule has 1 fully saturated rings. The molecule has 23 heavy (non-hydrogen) atoms. The number of halogens is 3. The lowest BCUT2D eigenvalue weighted by atomic mass is 10.0. The van der Waals surface area contributed by atoms with Crippen LogP contribution in [0.3, 0.4) is 0 Å². The SMILES string of the molecule is CC(C)(CN)NC(=O)C1CC(=O)N(c2cc(Cl)cc(Cl)c2)C1.Cl. The normalized spacial score (nSPS) is 17.9. The Morgan fingerprint density at radius 2 is 1.91 bits per heavy atom. The minimum absolute atomic E-state index is 0. The smallest absolute Gasteiger partial charge is 0.227 e. The van der Waals surface area contributed by atoms with Gasteiger partial charge in [0.1, 0.15) is 0 Å². The molecule has 1 saturated heterocycles. The first kappa shape index (κ1) is 20.0. The molecule has 1 aliphatic heterocycles. The highest BCUT2D eigenvalue weighted by molar-refractivity contribution is 6.35. The molecule has 2 amide bonds. The maximum Gasteiger partial charge on any atom is 0.227 e. The Hall–Kier alpha value is -1.01. The first-order chi connectivity index (χ1) is 10.2. The van der Waals surface area contributed by atoms with Crippen LogP contribution in [0.4, 0.5) is 5.69 Å². The van der Waals surface area contributed by atoms with Crippen LogP contribution < -0.4 is 16.0 Å². The molecule has 5 nitrogen and oxygen atoms in total. The predicted molar refractivity (Wildman–Crippen MR) is 95.4 cm³/mol. The van der Waals surface area contributed by atoms with Gasteiger partial charge in [-0.05, 0) is 32.0 Å². The summed E-state index contributed by atoms with van der Waals surface area (Å²) >= 11 is 11.9. The van der Waals surface area contributed by atoms with Crippen LogP contribution in [0.15, 0.2) is 18.2 Å². The van der Waals surface area contributed by atoms with E-state index in [0.717, 1.165) is 0 Å². The third kappa shape index (κ3) is 4.98. The number of carbonyl (C=O) groups excluding carboxylic acids is 2. The van der Waals surface area contributed by atoms with E-state index in [0.29, 0.717) is 28.8 Å². The summed E-state index contributed by atoms with van der Waals surface area (Å²) in [5, 5.41) is 3.77. The van der Waals surface area contributed by atoms with Gasteiger partial charge in [0.15, 0.2) is 0 Å². The molecule has 1 aromatic carbocycles. The lowest BCUT2D eigenvalue weighted by molar-refractivity contribution is -0.127. The molecule has 1 aromatic rings. The minimum Gasteiger partial charge on any atom is -0.350 e. The van der Waals surface area contributed by atoms with Crippen LogP contribution in [0.25, 0.3) is 0 Å². The van der Waals surface area contributed by atoms with Crippen molar-refractivity contribution in [3.63, 3.8) is 0 Å². The average molecular weight is 381 g/mol. The number of nitrogens with zero attached hydrogens (tertiary/aromatic N) is 1. The van der Waals surface area contributed by atoms with Gasteiger partial charge in [-0.3, -0.25) is 9.59 Å². The fourth-order valence-corrected chi connectivity index (χ4v) is 2.83. The Labute approximate surface area is 151 Å². The van der Waals surface area contributed by atoms with Crippen molar-refractivity contribution in [3.8, 4) is 0 Å². The fraction of sp³-hybridized carbons (Fsp3) is 0.467. The number of nitrogens with two attached hydrogens (primary N) is 1. The number of nitrogens with one attached hydrogen (secondary N) is 1. The van der Waals surface area contributed by atoms with Gasteiger partial charge in [-0.15, -0.1) is 12.4 Å². The molecule has 3 N–H and O–H groups in total. The van der Waals surface area contributed by atoms with Crippen molar-refractivity contribution in [2.75, 3.05) is 18.0 Å². The Bertz CT molecular complexity index is 587. The highest BCUT2D eigenvalue weighted by Gasteiger charge is 2.36. The monoisotopic (exact) mass is 379 g/mol. The van der Waals surface area contributed by atoms with Crippen molar-refractivity contribution in [3.05, 3.63) is 28.2 Å². The second-order valence-electron chi connectivity index (χ2n) is 6.11. The lowest BCUT2D eigenvalue weighted by Gasteiger charge is -2.26. The Morgan fingerprint density at radius 1 is 1.35 bits per heavy atom. The summed E-state index contributed by atoms with van der Waals surface area (Å²) in [4.78, 5) is 26.0. The molecule has 8 heteroatoms. The van der Waals surface area contributed by atoms with E-state index >= 15 is 0 Å². The number of benzene rings is 1. The summed E-state index contributed by atoms with van der Waals surface area (Å²) in [5.41, 5.74) is 5.72. The largest absolute Gasteiger partial charge is 0.350 e. The van der Waals surface area contributed by atoms with Crippen LogP contribution in [-0.4, -0.2) is 30.4 Å². The van der Waals surface area contributed by atoms with Crippen molar-refractivity contribution in [1.29, 1.82) is 0 Å². The van der Waals surface area contributed by atoms with Crippen LogP contribution in [-0.2, 0) is 9.59 Å². The second kappa shape index (κ2) is 7.71. The minimum atomic E-state index is -0.493. The fourth-order valence-electron chi connectivity index (χ4n) is 2.31. The summed E-state index contributed by atoms with van der Waals surface area (Å²) in [6.45, 7) is 4.32. The molecule has 1 unspecified atom stereocenters. The van der Waals surface area contributed by atoms with Crippen molar-refractivity contribution in [2.45, 2.75) is 25.8 Å². The lowest BCUT2D eigenvalue weighted by Crippen LogP contribution is -2.51. The van der Waals surface area contributed by atoms with Crippen molar-refractivity contribution in [2.24, 2.45) is 11.7 Å². The van der Waals surface area contributed by atoms with E-state index in [1.54, 1.807) is 18.2 Å². The number of amides is 2. The molecule has 0 radical (unpaired) electrons. The van der Waals surface area contributed by atoms with Gasteiger partial charge in [0, 0.05) is 40.8 Å². The summed E-state index contributed by atoms with van der Waals surface area (Å²) in [6.07, 6.45) is 0.163. The molecule has 1 aliphatic rings. The number of anilines is 1. The molecule has 0 aliphatic carbocycles. The predicted octanol–water partition coefficient (Wildman–Crippen LogP) is 2.62. The Kier molecular flexibility index (Phi) is 6.71. The van der Waals surface area contributed by atoms with Crippen molar-refractivity contribution >= 4 is 53.1 Å². The quantitative estimate of drug-likeness (QED) is 0.843. The summed E-state index contributed by atoms with van der Waals surface area (Å²) in [6, 6.07) is 4.92. The highest BCUT2D eigenvalue weighted by Crippen LogP contribution is 2.30. The number of hydrogen-bond donors (Lipinski definition) is 2. The highest BCUT2D eigenvalue weighted by atomic mass is 35.5. The maximum atomic E-state index is 12.3. The second-order valence-corrected chi connectivity index (χ2v) is 6.98. The van der Waals surface area contributed by atoms with E-state index in [2.05, 4.69) is 5.32 Å². The third-order valence-corrected chi connectivity index (χ3v) is 4.06. The Morgan fingerprint density at radius 3 is 2.43 bits per heavy atom. The van der Waals surface area contributed by atoms with Crippen LogP contribution in [0, 0.1) is 5.92 Å². The summed E-state index contributed by atoms with van der Waals surface area (Å²) < 4.78 is 0. The van der Waals surface area contributed by atoms with Gasteiger partial charge in [0.2, 0.25) is 11.8 Å². The summed E-state index contributed by atoms with van der Waals surface area (Å²) in [5.74, 6) is -0.695. The van der Waals surface area contributed by atoms with E-state index in [4.69, 9.17) is 28.9 Å². The average Bonchev–Trinajstić information content (AvgIpc) is 2.79. The van der Waals surface area contributed by atoms with Crippen molar-refractivity contribution in [1.82, 2.24) is 5.32 Å². The van der Waals surface area contributed by atoms with Gasteiger partial charge < -0.3 is 16.0 Å². The van der Waals surface area contributed by atoms with Gasteiger partial charge in [0.05, 0.1) is 5.92 Å². The number of hydrogen-bond acceptors (Lipinski definition) is 3. The van der Waals surface area contributed by atoms with Crippen LogP contribution in [0.2, 0.25) is 10.0 Å². The maximum absolute atomic E-state index is 12.3. The molecule has 1 atom stereocenters. The number of carbonyl (C=O) groups is 2. The van der Waals surface area contributed by atoms with Gasteiger partial charge in [0.25, 0.3) is 0 Å². The van der Waals surface area contributed by atoms with Gasteiger partial charge in [-0.2, -0.15) is 0 Å². The first-order valence-corrected chi connectivity index (χ1v) is 7.76. The third-order valence-electron chi connectivity index (χ3n) is 3.63. The van der Waals surface area contributed by atoms with Crippen LogP contribution in [0.5, 0.6) is 0 Å². The molecular formula is C15H20Cl3N3O2. The van der Waals surface area contributed by atoms with E-state index in [1.807, 2.05) is 13.8 Å². The first-order valence-electron chi connectivity index (χ1n) is 7.00. The zero-order chi connectivity index (χ0) is 16.5. The molecule has 128 valence electrons.